The van der Waals surface area contributed by atoms with E-state index in [1.165, 1.54) is 6.92 Å². The fraction of sp³-hybridized carbons (Fsp3) is 0.455. The smallest absolute Gasteiger partial charge is 0.283 e. The molecule has 0 radical (unpaired) electrons. The molecule has 0 aliphatic carbocycles. The number of nitrogens with one attached hydrogen (secondary N) is 1. The Balaban J connectivity index is 1.76. The van der Waals surface area contributed by atoms with Gasteiger partial charge in [0.2, 0.25) is 21.8 Å². The molecule has 10 heteroatoms. The standard InChI is InChI=1S/C22H25F2N3O4S/c1-3-32(29,30)26-20-18-12-15-5-4-6-17(11-15)31-21-14(2)7-8-16(25-21)9-10-19(28)27(18)13-22(20,23)24/h4-8,11,18,20,26H,3,9-10,12-13H2,1-2H3/t18-,20+/m0/s1. The van der Waals surface area contributed by atoms with Crippen molar-refractivity contribution in [2.24, 2.45) is 0 Å². The van der Waals surface area contributed by atoms with Crippen molar-refractivity contribution < 1.29 is 26.7 Å². The molecule has 3 heterocycles. The number of benzene rings is 1. The van der Waals surface area contributed by atoms with Crippen molar-refractivity contribution in [3.63, 3.8) is 0 Å². The summed E-state index contributed by atoms with van der Waals surface area (Å²) >= 11 is 0. The number of alkyl halides is 2. The van der Waals surface area contributed by atoms with E-state index in [4.69, 9.17) is 4.74 Å². The summed E-state index contributed by atoms with van der Waals surface area (Å²) in [5, 5.41) is 0. The van der Waals surface area contributed by atoms with Crippen LogP contribution in [-0.4, -0.2) is 54.5 Å². The Bertz CT molecular complexity index is 1140. The van der Waals surface area contributed by atoms with Crippen LogP contribution in [0, 0.1) is 6.92 Å². The molecule has 1 aromatic carbocycles. The number of amides is 1. The van der Waals surface area contributed by atoms with Crippen molar-refractivity contribution >= 4 is 15.9 Å². The maximum Gasteiger partial charge on any atom is 0.283 e. The van der Waals surface area contributed by atoms with Crippen LogP contribution in [0.2, 0.25) is 0 Å². The lowest BCUT2D eigenvalue weighted by molar-refractivity contribution is -0.133. The maximum absolute atomic E-state index is 15.0. The van der Waals surface area contributed by atoms with E-state index in [1.807, 2.05) is 13.0 Å². The lowest BCUT2D eigenvalue weighted by Gasteiger charge is -2.28. The maximum atomic E-state index is 15.0. The molecule has 7 nitrogen and oxygen atoms in total. The highest BCUT2D eigenvalue weighted by molar-refractivity contribution is 7.89. The summed E-state index contributed by atoms with van der Waals surface area (Å²) in [4.78, 5) is 18.6. The number of nitrogens with zero attached hydrogens (tertiary/aromatic N) is 2. The summed E-state index contributed by atoms with van der Waals surface area (Å²) in [7, 11) is -3.91. The number of ether oxygens (including phenoxy) is 1. The van der Waals surface area contributed by atoms with E-state index in [9.17, 15) is 22.0 Å². The minimum Gasteiger partial charge on any atom is -0.439 e. The van der Waals surface area contributed by atoms with E-state index in [2.05, 4.69) is 9.71 Å². The number of sulfonamides is 1. The Labute approximate surface area is 185 Å². The molecule has 0 spiro atoms. The Hall–Kier alpha value is -2.59. The number of carbonyl (C=O) groups is 1. The summed E-state index contributed by atoms with van der Waals surface area (Å²) in [5.74, 6) is -3.28. The number of carbonyl (C=O) groups excluding carboxylic acids is 1. The third-order valence-electron chi connectivity index (χ3n) is 5.89. The first-order valence-corrected chi connectivity index (χ1v) is 12.1. The second-order valence-electron chi connectivity index (χ2n) is 8.23. The fourth-order valence-corrected chi connectivity index (χ4v) is 4.99. The van der Waals surface area contributed by atoms with Gasteiger partial charge in [0.05, 0.1) is 18.3 Å². The van der Waals surface area contributed by atoms with Crippen molar-refractivity contribution in [3.8, 4) is 11.6 Å². The van der Waals surface area contributed by atoms with Crippen molar-refractivity contribution in [1.82, 2.24) is 14.6 Å². The van der Waals surface area contributed by atoms with Crippen LogP contribution in [0.25, 0.3) is 0 Å². The van der Waals surface area contributed by atoms with Gasteiger partial charge in [-0.2, -0.15) is 0 Å². The molecule has 2 aliphatic heterocycles. The monoisotopic (exact) mass is 465 g/mol. The first kappa shape index (κ1) is 22.6. The number of pyridine rings is 1. The van der Waals surface area contributed by atoms with Crippen molar-refractivity contribution in [1.29, 1.82) is 0 Å². The lowest BCUT2D eigenvalue weighted by atomic mass is 9.99. The summed E-state index contributed by atoms with van der Waals surface area (Å²) in [6.45, 7) is 2.41. The van der Waals surface area contributed by atoms with E-state index in [0.29, 0.717) is 22.9 Å². The molecule has 172 valence electrons. The number of aryl methyl sites for hydroxylation is 2. The third-order valence-corrected chi connectivity index (χ3v) is 7.26. The van der Waals surface area contributed by atoms with Crippen molar-refractivity contribution in [2.75, 3.05) is 12.3 Å². The van der Waals surface area contributed by atoms with Gasteiger partial charge in [-0.25, -0.2) is 26.9 Å². The van der Waals surface area contributed by atoms with Gasteiger partial charge in [-0.3, -0.25) is 4.79 Å². The third kappa shape index (κ3) is 4.61. The van der Waals surface area contributed by atoms with Crippen LogP contribution in [-0.2, 0) is 27.7 Å². The topological polar surface area (TPSA) is 88.6 Å². The Morgan fingerprint density at radius 3 is 2.78 bits per heavy atom. The summed E-state index contributed by atoms with van der Waals surface area (Å²) < 4.78 is 62.4. The number of halogens is 2. The zero-order valence-electron chi connectivity index (χ0n) is 17.8. The fourth-order valence-electron chi connectivity index (χ4n) is 4.11. The zero-order chi connectivity index (χ0) is 23.1. The van der Waals surface area contributed by atoms with Crippen LogP contribution in [0.1, 0.15) is 30.2 Å². The number of rotatable bonds is 3. The van der Waals surface area contributed by atoms with E-state index in [-0.39, 0.29) is 25.0 Å². The largest absolute Gasteiger partial charge is 0.439 e. The molecule has 2 aliphatic rings. The van der Waals surface area contributed by atoms with Gasteiger partial charge in [0.25, 0.3) is 5.92 Å². The molecule has 1 aromatic heterocycles. The number of aromatic nitrogens is 1. The second-order valence-corrected chi connectivity index (χ2v) is 10.3. The van der Waals surface area contributed by atoms with E-state index >= 15 is 0 Å². The predicted molar refractivity (Wildman–Crippen MR) is 114 cm³/mol. The molecule has 32 heavy (non-hydrogen) atoms. The first-order valence-electron chi connectivity index (χ1n) is 10.5. The van der Waals surface area contributed by atoms with Crippen LogP contribution < -0.4 is 9.46 Å². The molecule has 4 bridgehead atoms. The molecule has 1 N–H and O–H groups in total. The van der Waals surface area contributed by atoms with E-state index in [0.717, 1.165) is 10.5 Å². The Kier molecular flexibility index (Phi) is 5.93. The van der Waals surface area contributed by atoms with Crippen molar-refractivity contribution in [2.45, 2.75) is 51.1 Å². The molecule has 2 atom stereocenters. The van der Waals surface area contributed by atoms with Crippen molar-refractivity contribution in [3.05, 3.63) is 53.2 Å². The van der Waals surface area contributed by atoms with Gasteiger partial charge in [0.15, 0.2) is 0 Å². The number of fused-ring (bicyclic) bond motifs is 5. The van der Waals surface area contributed by atoms with Gasteiger partial charge >= 0.3 is 0 Å². The van der Waals surface area contributed by atoms with Crippen LogP contribution in [0.5, 0.6) is 11.6 Å². The lowest BCUT2D eigenvalue weighted by Crippen LogP contribution is -2.52. The Morgan fingerprint density at radius 1 is 1.25 bits per heavy atom. The molecular formula is C22H25F2N3O4S. The summed E-state index contributed by atoms with van der Waals surface area (Å²) in [6, 6.07) is 7.78. The van der Waals surface area contributed by atoms with Gasteiger partial charge < -0.3 is 9.64 Å². The quantitative estimate of drug-likeness (QED) is 0.753. The average molecular weight is 466 g/mol. The zero-order valence-corrected chi connectivity index (χ0v) is 18.7. The highest BCUT2D eigenvalue weighted by atomic mass is 32.2. The van der Waals surface area contributed by atoms with Gasteiger partial charge in [0, 0.05) is 17.7 Å². The van der Waals surface area contributed by atoms with Gasteiger partial charge in [-0.05, 0) is 50.5 Å². The SMILES string of the molecule is CCS(=O)(=O)N[C@@H]1[C@@H]2Cc3cccc(c3)Oc3nc(ccc3C)CCC(=O)N2CC1(F)F. The molecule has 1 fully saturated rings. The number of hydrogen-bond donors (Lipinski definition) is 1. The minimum atomic E-state index is -3.91. The highest BCUT2D eigenvalue weighted by Gasteiger charge is 2.56. The summed E-state index contributed by atoms with van der Waals surface area (Å²) in [5.41, 5.74) is 2.09. The molecule has 0 unspecified atom stereocenters. The molecule has 1 saturated heterocycles. The predicted octanol–water partition coefficient (Wildman–Crippen LogP) is 2.83. The van der Waals surface area contributed by atoms with Crippen LogP contribution in [0.4, 0.5) is 8.78 Å². The minimum absolute atomic E-state index is 0.0209. The normalized spacial score (nSPS) is 22.9. The molecule has 4 rings (SSSR count). The van der Waals surface area contributed by atoms with E-state index in [1.54, 1.807) is 30.3 Å². The van der Waals surface area contributed by atoms with Gasteiger partial charge in [-0.1, -0.05) is 18.2 Å². The first-order chi connectivity index (χ1) is 15.1. The van der Waals surface area contributed by atoms with E-state index < -0.39 is 40.5 Å². The molecular weight excluding hydrogens is 440 g/mol. The van der Waals surface area contributed by atoms with Gasteiger partial charge in [0.1, 0.15) is 11.8 Å². The molecule has 1 amide bonds. The molecule has 0 saturated carbocycles. The Morgan fingerprint density at radius 2 is 2.03 bits per heavy atom. The number of hydrogen-bond acceptors (Lipinski definition) is 5. The average Bonchev–Trinajstić information content (AvgIpc) is 2.98. The second kappa shape index (κ2) is 8.40. The summed E-state index contributed by atoms with van der Waals surface area (Å²) in [6.07, 6.45) is 0.291. The highest BCUT2D eigenvalue weighted by Crippen LogP contribution is 2.36. The van der Waals surface area contributed by atoms with Crippen LogP contribution >= 0.6 is 0 Å². The van der Waals surface area contributed by atoms with Gasteiger partial charge in [-0.15, -0.1) is 0 Å². The van der Waals surface area contributed by atoms with Crippen LogP contribution in [0.3, 0.4) is 0 Å². The van der Waals surface area contributed by atoms with Crippen LogP contribution in [0.15, 0.2) is 36.4 Å². The molecule has 2 aromatic rings.